The number of anilines is 3. The van der Waals surface area contributed by atoms with E-state index >= 15 is 0 Å². The van der Waals surface area contributed by atoms with E-state index in [4.69, 9.17) is 4.98 Å². The minimum Gasteiger partial charge on any atom is -0.306 e. The van der Waals surface area contributed by atoms with Gasteiger partial charge >= 0.3 is 0 Å². The van der Waals surface area contributed by atoms with Crippen molar-refractivity contribution in [3.05, 3.63) is 155 Å². The van der Waals surface area contributed by atoms with Gasteiger partial charge in [0.05, 0.1) is 34.5 Å². The molecule has 7 aromatic rings. The summed E-state index contributed by atoms with van der Waals surface area (Å²) in [6.07, 6.45) is 3.68. The van der Waals surface area contributed by atoms with Crippen molar-refractivity contribution in [1.29, 1.82) is 0 Å². The third-order valence-electron chi connectivity index (χ3n) is 9.82. The highest BCUT2D eigenvalue weighted by atomic mass is 16.2. The number of hydrogen-bond acceptors (Lipinski definition) is 5. The summed E-state index contributed by atoms with van der Waals surface area (Å²) < 4.78 is 0. The maximum atomic E-state index is 13.6. The lowest BCUT2D eigenvalue weighted by atomic mass is 9.75. The van der Waals surface area contributed by atoms with Crippen molar-refractivity contribution in [3.63, 3.8) is 0 Å². The van der Waals surface area contributed by atoms with Gasteiger partial charge in [-0.1, -0.05) is 78.9 Å². The number of nitrogens with zero attached hydrogens (tertiary/aromatic N) is 3. The Morgan fingerprint density at radius 3 is 1.96 bits per heavy atom. The fourth-order valence-electron chi connectivity index (χ4n) is 7.47. The molecule has 0 radical (unpaired) electrons. The summed E-state index contributed by atoms with van der Waals surface area (Å²) in [6.45, 7) is 6.27. The largest absolute Gasteiger partial charge is 0.306 e. The Morgan fingerprint density at radius 2 is 1.26 bits per heavy atom. The topological polar surface area (TPSA) is 63.2 Å². The lowest BCUT2D eigenvalue weighted by Gasteiger charge is -2.41. The summed E-state index contributed by atoms with van der Waals surface area (Å²) in [7, 11) is 0. The average Bonchev–Trinajstić information content (AvgIpc) is 3.31. The molecule has 0 fully saturated rings. The number of hydrogen-bond donors (Lipinski definition) is 0. The second kappa shape index (κ2) is 9.78. The zero-order valence-corrected chi connectivity index (χ0v) is 26.2. The third kappa shape index (κ3) is 3.96. The van der Waals surface area contributed by atoms with Crippen molar-refractivity contribution < 1.29 is 9.59 Å². The minimum absolute atomic E-state index is 0.194. The number of rotatable bonds is 2. The van der Waals surface area contributed by atoms with Gasteiger partial charge < -0.3 is 4.90 Å². The molecule has 0 unspecified atom stereocenters. The van der Waals surface area contributed by atoms with Crippen LogP contribution in [0.15, 0.2) is 121 Å². The molecule has 224 valence electrons. The van der Waals surface area contributed by atoms with Gasteiger partial charge in [0.1, 0.15) is 5.82 Å². The zero-order valence-electron chi connectivity index (χ0n) is 26.2. The van der Waals surface area contributed by atoms with Gasteiger partial charge in [-0.3, -0.25) is 9.59 Å². The van der Waals surface area contributed by atoms with Gasteiger partial charge in [-0.15, -0.1) is 0 Å². The summed E-state index contributed by atoms with van der Waals surface area (Å²) in [5, 5.41) is 6.54. The summed E-state index contributed by atoms with van der Waals surface area (Å²) in [5.41, 5.74) is 6.40. The molecule has 9 rings (SSSR count). The first-order valence-electron chi connectivity index (χ1n) is 15.8. The van der Waals surface area contributed by atoms with E-state index in [1.807, 2.05) is 55.6 Å². The number of carbonyl (C=O) groups is 2. The van der Waals surface area contributed by atoms with Crippen molar-refractivity contribution in [1.82, 2.24) is 9.97 Å². The lowest BCUT2D eigenvalue weighted by molar-refractivity contribution is 0.0990. The van der Waals surface area contributed by atoms with Gasteiger partial charge in [0.25, 0.3) is 0 Å². The number of fused-ring (bicyclic) bond motifs is 7. The monoisotopic (exact) mass is 607 g/mol. The van der Waals surface area contributed by atoms with Gasteiger partial charge in [0, 0.05) is 21.9 Å². The van der Waals surface area contributed by atoms with Crippen molar-refractivity contribution in [2.75, 3.05) is 4.90 Å². The molecule has 5 nitrogen and oxygen atoms in total. The molecule has 0 spiro atoms. The van der Waals surface area contributed by atoms with Gasteiger partial charge in [0.2, 0.25) is 0 Å². The van der Waals surface area contributed by atoms with E-state index in [0.717, 1.165) is 55.4 Å². The van der Waals surface area contributed by atoms with Crippen molar-refractivity contribution in [3.8, 4) is 0 Å². The average molecular weight is 608 g/mol. The molecule has 0 N–H and O–H groups in total. The first-order valence-corrected chi connectivity index (χ1v) is 15.8. The predicted octanol–water partition coefficient (Wildman–Crippen LogP) is 9.82. The van der Waals surface area contributed by atoms with Gasteiger partial charge in [-0.25, -0.2) is 9.97 Å². The van der Waals surface area contributed by atoms with E-state index in [0.29, 0.717) is 17.0 Å². The normalized spacial score (nSPS) is 14.9. The second-order valence-corrected chi connectivity index (χ2v) is 13.0. The van der Waals surface area contributed by atoms with Crippen LogP contribution in [0.25, 0.3) is 38.4 Å². The molecule has 0 amide bonds. The summed E-state index contributed by atoms with van der Waals surface area (Å²) >= 11 is 0. The van der Waals surface area contributed by atoms with E-state index in [1.165, 1.54) is 10.8 Å². The molecular formula is C42H29N3O2. The number of aryl methyl sites for hydroxylation is 1. The van der Waals surface area contributed by atoms with Gasteiger partial charge in [-0.2, -0.15) is 0 Å². The van der Waals surface area contributed by atoms with Crippen LogP contribution in [0.1, 0.15) is 57.2 Å². The molecular weight excluding hydrogens is 578 g/mol. The van der Waals surface area contributed by atoms with Crippen LogP contribution < -0.4 is 4.90 Å². The fraction of sp³-hybridized carbons (Fsp3) is 0.0952. The molecule has 47 heavy (non-hydrogen) atoms. The van der Waals surface area contributed by atoms with E-state index in [9.17, 15) is 9.59 Å². The SMILES string of the molecule is Cc1ncc2c(n1)C(C)(C)c1cc(C=C3C(=O)c4cc5ccccc5cc4C3=O)ccc1N2c1cc2ccccc2c2ccccc12. The Bertz CT molecular complexity index is 2500. The van der Waals surface area contributed by atoms with Gasteiger partial charge in [0.15, 0.2) is 11.6 Å². The van der Waals surface area contributed by atoms with Crippen molar-refractivity contribution in [2.24, 2.45) is 0 Å². The number of aromatic nitrogens is 2. The maximum Gasteiger partial charge on any atom is 0.197 e. The van der Waals surface area contributed by atoms with Crippen molar-refractivity contribution in [2.45, 2.75) is 26.2 Å². The molecule has 2 heterocycles. The Morgan fingerprint density at radius 1 is 0.638 bits per heavy atom. The minimum atomic E-state index is -0.486. The Hall–Kier alpha value is -5.94. The highest BCUT2D eigenvalue weighted by Gasteiger charge is 2.40. The first-order chi connectivity index (χ1) is 22.8. The number of Topliss-reactive ketones (excluding diaryl/α,β-unsaturated/α-hetero) is 2. The Labute approximate surface area is 271 Å². The number of benzene rings is 6. The van der Waals surface area contributed by atoms with Crippen LogP contribution in [0.2, 0.25) is 0 Å². The molecule has 1 aliphatic carbocycles. The van der Waals surface area contributed by atoms with Crippen LogP contribution in [0.3, 0.4) is 0 Å². The van der Waals surface area contributed by atoms with E-state index in [1.54, 1.807) is 6.08 Å². The van der Waals surface area contributed by atoms with Crippen LogP contribution >= 0.6 is 0 Å². The van der Waals surface area contributed by atoms with E-state index < -0.39 is 5.41 Å². The molecule has 2 aliphatic rings. The highest BCUT2D eigenvalue weighted by Crippen LogP contribution is 2.53. The van der Waals surface area contributed by atoms with Crippen LogP contribution in [0, 0.1) is 6.92 Å². The van der Waals surface area contributed by atoms with Crippen LogP contribution in [0.5, 0.6) is 0 Å². The van der Waals surface area contributed by atoms with E-state index in [-0.39, 0.29) is 17.1 Å². The number of carbonyl (C=O) groups excluding carboxylic acids is 2. The molecule has 6 aromatic carbocycles. The lowest BCUT2D eigenvalue weighted by Crippen LogP contribution is -2.32. The van der Waals surface area contributed by atoms with E-state index in [2.05, 4.69) is 90.5 Å². The Kier molecular flexibility index (Phi) is 5.70. The highest BCUT2D eigenvalue weighted by molar-refractivity contribution is 6.42. The molecule has 0 saturated carbocycles. The van der Waals surface area contributed by atoms with Crippen LogP contribution in [-0.4, -0.2) is 21.5 Å². The number of ketones is 2. The molecule has 0 atom stereocenters. The molecule has 0 saturated heterocycles. The summed E-state index contributed by atoms with van der Waals surface area (Å²) in [6, 6.07) is 36.9. The third-order valence-corrected chi connectivity index (χ3v) is 9.82. The molecule has 1 aromatic heterocycles. The molecule has 5 heteroatoms. The van der Waals surface area contributed by atoms with Crippen molar-refractivity contribution >= 4 is 67.0 Å². The first kappa shape index (κ1) is 27.4. The molecule has 1 aliphatic heterocycles. The predicted molar refractivity (Wildman–Crippen MR) is 189 cm³/mol. The smallest absolute Gasteiger partial charge is 0.197 e. The Balaban J connectivity index is 1.25. The quantitative estimate of drug-likeness (QED) is 0.111. The van der Waals surface area contributed by atoms with Gasteiger partial charge in [-0.05, 0) is 95.2 Å². The zero-order chi connectivity index (χ0) is 32.0. The van der Waals surface area contributed by atoms with Crippen LogP contribution in [-0.2, 0) is 5.41 Å². The maximum absolute atomic E-state index is 13.6. The standard InChI is InChI=1S/C42H29N3O2/c1-24-43-23-38-41(44-24)42(2,3)35-19-25(18-34-39(46)32-20-26-10-4-5-11-27(26)21-33(32)40(34)47)16-17-36(35)45(38)37-22-28-12-6-7-13-29(28)30-14-8-9-15-31(30)37/h4-23H,1-3H3. The van der Waals surface area contributed by atoms with Crippen LogP contribution in [0.4, 0.5) is 17.1 Å². The fourth-order valence-corrected chi connectivity index (χ4v) is 7.47. The summed E-state index contributed by atoms with van der Waals surface area (Å²) in [5.74, 6) is 0.241. The second-order valence-electron chi connectivity index (χ2n) is 13.0. The molecule has 0 bridgehead atoms. The number of allylic oxidation sites excluding steroid dienone is 1. The summed E-state index contributed by atoms with van der Waals surface area (Å²) in [4.78, 5) is 39.2.